The van der Waals surface area contributed by atoms with Crippen molar-refractivity contribution in [3.05, 3.63) is 47.5 Å². The standard InChI is InChI=1S/C15H14O/c16-13-6-3-5-12-9-8-11-4-1-2-7-14(11)15(12)10-13/h1-2,4,7-9H,3,5-6,10H2. The first-order valence-corrected chi connectivity index (χ1v) is 5.86. The van der Waals surface area contributed by atoms with E-state index in [2.05, 4.69) is 30.3 Å². The predicted molar refractivity (Wildman–Crippen MR) is 65.6 cm³/mol. The van der Waals surface area contributed by atoms with E-state index in [9.17, 15) is 4.79 Å². The zero-order chi connectivity index (χ0) is 11.0. The van der Waals surface area contributed by atoms with Crippen molar-refractivity contribution in [3.63, 3.8) is 0 Å². The van der Waals surface area contributed by atoms with Gasteiger partial charge in [0, 0.05) is 12.8 Å². The van der Waals surface area contributed by atoms with Crippen molar-refractivity contribution in [2.45, 2.75) is 25.7 Å². The van der Waals surface area contributed by atoms with Gasteiger partial charge in [-0.1, -0.05) is 36.4 Å². The summed E-state index contributed by atoms with van der Waals surface area (Å²) in [6, 6.07) is 12.7. The second-order valence-electron chi connectivity index (χ2n) is 4.49. The normalized spacial score (nSPS) is 15.9. The van der Waals surface area contributed by atoms with Crippen molar-refractivity contribution in [1.82, 2.24) is 0 Å². The molecule has 2 aromatic rings. The van der Waals surface area contributed by atoms with Gasteiger partial charge in [0.1, 0.15) is 5.78 Å². The van der Waals surface area contributed by atoms with Gasteiger partial charge in [-0.2, -0.15) is 0 Å². The Morgan fingerprint density at radius 2 is 1.81 bits per heavy atom. The molecule has 80 valence electrons. The van der Waals surface area contributed by atoms with Crippen LogP contribution in [-0.2, 0) is 17.6 Å². The van der Waals surface area contributed by atoms with Crippen LogP contribution >= 0.6 is 0 Å². The van der Waals surface area contributed by atoms with Gasteiger partial charge in [0.25, 0.3) is 0 Å². The minimum absolute atomic E-state index is 0.384. The third-order valence-corrected chi connectivity index (χ3v) is 3.41. The summed E-state index contributed by atoms with van der Waals surface area (Å²) in [5.74, 6) is 0.384. The molecule has 16 heavy (non-hydrogen) atoms. The molecule has 0 atom stereocenters. The van der Waals surface area contributed by atoms with Gasteiger partial charge in [-0.05, 0) is 34.7 Å². The molecule has 0 radical (unpaired) electrons. The van der Waals surface area contributed by atoms with E-state index in [4.69, 9.17) is 0 Å². The lowest BCUT2D eigenvalue weighted by Crippen LogP contribution is -2.00. The molecule has 0 aliphatic heterocycles. The van der Waals surface area contributed by atoms with Crippen LogP contribution in [-0.4, -0.2) is 5.78 Å². The van der Waals surface area contributed by atoms with E-state index < -0.39 is 0 Å². The quantitative estimate of drug-likeness (QED) is 0.610. The fourth-order valence-electron chi connectivity index (χ4n) is 2.59. The summed E-state index contributed by atoms with van der Waals surface area (Å²) in [4.78, 5) is 11.7. The Hall–Kier alpha value is -1.63. The highest BCUT2D eigenvalue weighted by Gasteiger charge is 2.15. The molecule has 0 N–H and O–H groups in total. The van der Waals surface area contributed by atoms with E-state index >= 15 is 0 Å². The molecule has 0 saturated carbocycles. The summed E-state index contributed by atoms with van der Waals surface area (Å²) >= 11 is 0. The molecule has 0 fully saturated rings. The summed E-state index contributed by atoms with van der Waals surface area (Å²) in [6.07, 6.45) is 3.41. The molecule has 1 aliphatic carbocycles. The van der Waals surface area contributed by atoms with Crippen LogP contribution in [0.15, 0.2) is 36.4 Å². The molecular weight excluding hydrogens is 196 g/mol. The fourth-order valence-corrected chi connectivity index (χ4v) is 2.59. The summed E-state index contributed by atoms with van der Waals surface area (Å²) in [5, 5.41) is 2.51. The molecule has 2 aromatic carbocycles. The molecule has 1 nitrogen and oxygen atoms in total. The van der Waals surface area contributed by atoms with Gasteiger partial charge in [0.05, 0.1) is 0 Å². The Balaban J connectivity index is 2.27. The van der Waals surface area contributed by atoms with Crippen molar-refractivity contribution >= 4 is 16.6 Å². The molecule has 3 rings (SSSR count). The Morgan fingerprint density at radius 1 is 0.938 bits per heavy atom. The van der Waals surface area contributed by atoms with Gasteiger partial charge < -0.3 is 0 Å². The highest BCUT2D eigenvalue weighted by atomic mass is 16.1. The van der Waals surface area contributed by atoms with Crippen LogP contribution < -0.4 is 0 Å². The Kier molecular flexibility index (Phi) is 2.24. The molecule has 0 amide bonds. The van der Waals surface area contributed by atoms with Gasteiger partial charge in [0.15, 0.2) is 0 Å². The van der Waals surface area contributed by atoms with E-state index in [0.717, 1.165) is 19.3 Å². The van der Waals surface area contributed by atoms with E-state index in [1.807, 2.05) is 6.07 Å². The molecule has 1 aliphatic rings. The number of fused-ring (bicyclic) bond motifs is 3. The van der Waals surface area contributed by atoms with Crippen LogP contribution in [0.3, 0.4) is 0 Å². The SMILES string of the molecule is O=C1CCCc2ccc3ccccc3c2C1. The van der Waals surface area contributed by atoms with Gasteiger partial charge in [-0.3, -0.25) is 4.79 Å². The fraction of sp³-hybridized carbons (Fsp3) is 0.267. The summed E-state index contributed by atoms with van der Waals surface area (Å²) in [7, 11) is 0. The lowest BCUT2D eigenvalue weighted by molar-refractivity contribution is -0.118. The molecule has 0 spiro atoms. The largest absolute Gasteiger partial charge is 0.299 e. The number of rotatable bonds is 0. The smallest absolute Gasteiger partial charge is 0.137 e. The topological polar surface area (TPSA) is 17.1 Å². The monoisotopic (exact) mass is 210 g/mol. The third kappa shape index (κ3) is 1.53. The van der Waals surface area contributed by atoms with E-state index in [0.29, 0.717) is 12.2 Å². The molecular formula is C15H14O. The number of hydrogen-bond acceptors (Lipinski definition) is 1. The van der Waals surface area contributed by atoms with E-state index in [1.165, 1.54) is 21.9 Å². The number of hydrogen-bond donors (Lipinski definition) is 0. The number of carbonyl (C=O) groups excluding carboxylic acids is 1. The van der Waals surface area contributed by atoms with Gasteiger partial charge in [-0.25, -0.2) is 0 Å². The van der Waals surface area contributed by atoms with E-state index in [1.54, 1.807) is 0 Å². The van der Waals surface area contributed by atoms with Crippen molar-refractivity contribution < 1.29 is 4.79 Å². The lowest BCUT2D eigenvalue weighted by atomic mass is 9.96. The van der Waals surface area contributed by atoms with Crippen LogP contribution in [0.2, 0.25) is 0 Å². The molecule has 1 heteroatoms. The number of benzene rings is 2. The molecule has 0 saturated heterocycles. The summed E-state index contributed by atoms with van der Waals surface area (Å²) in [5.41, 5.74) is 2.63. The van der Waals surface area contributed by atoms with E-state index in [-0.39, 0.29) is 0 Å². The van der Waals surface area contributed by atoms with Crippen LogP contribution in [0.25, 0.3) is 10.8 Å². The van der Waals surface area contributed by atoms with Crippen molar-refractivity contribution in [1.29, 1.82) is 0 Å². The lowest BCUT2D eigenvalue weighted by Gasteiger charge is -2.09. The van der Waals surface area contributed by atoms with Gasteiger partial charge in [0.2, 0.25) is 0 Å². The second kappa shape index (κ2) is 3.75. The maximum Gasteiger partial charge on any atom is 0.137 e. The van der Waals surface area contributed by atoms with Crippen molar-refractivity contribution in [2.75, 3.05) is 0 Å². The highest BCUT2D eigenvalue weighted by Crippen LogP contribution is 2.27. The van der Waals surface area contributed by atoms with Crippen LogP contribution in [0, 0.1) is 0 Å². The maximum atomic E-state index is 11.7. The Morgan fingerprint density at radius 3 is 2.75 bits per heavy atom. The van der Waals surface area contributed by atoms with Crippen LogP contribution in [0.4, 0.5) is 0 Å². The Labute approximate surface area is 95.1 Å². The van der Waals surface area contributed by atoms with Crippen molar-refractivity contribution in [2.24, 2.45) is 0 Å². The average Bonchev–Trinajstić information content (AvgIpc) is 2.50. The number of Topliss-reactive ketones (excluding diaryl/α,β-unsaturated/α-hetero) is 1. The number of carbonyl (C=O) groups is 1. The van der Waals surface area contributed by atoms with Crippen LogP contribution in [0.1, 0.15) is 24.0 Å². The Bertz CT molecular complexity index is 554. The molecule has 0 heterocycles. The zero-order valence-electron chi connectivity index (χ0n) is 9.20. The predicted octanol–water partition coefficient (Wildman–Crippen LogP) is 3.29. The van der Waals surface area contributed by atoms with Gasteiger partial charge in [-0.15, -0.1) is 0 Å². The summed E-state index contributed by atoms with van der Waals surface area (Å²) < 4.78 is 0. The minimum atomic E-state index is 0.384. The zero-order valence-corrected chi connectivity index (χ0v) is 9.20. The summed E-state index contributed by atoms with van der Waals surface area (Å²) in [6.45, 7) is 0. The first-order valence-electron chi connectivity index (χ1n) is 5.86. The first-order chi connectivity index (χ1) is 7.84. The molecule has 0 aromatic heterocycles. The highest BCUT2D eigenvalue weighted by molar-refractivity contribution is 5.92. The maximum absolute atomic E-state index is 11.7. The second-order valence-corrected chi connectivity index (χ2v) is 4.49. The number of ketones is 1. The van der Waals surface area contributed by atoms with Crippen LogP contribution in [0.5, 0.6) is 0 Å². The average molecular weight is 210 g/mol. The first kappa shape index (κ1) is 9.59. The minimum Gasteiger partial charge on any atom is -0.299 e. The van der Waals surface area contributed by atoms with Gasteiger partial charge >= 0.3 is 0 Å². The molecule has 0 bridgehead atoms. The number of aryl methyl sites for hydroxylation is 1. The van der Waals surface area contributed by atoms with Crippen molar-refractivity contribution in [3.8, 4) is 0 Å². The third-order valence-electron chi connectivity index (χ3n) is 3.41. The molecule has 0 unspecified atom stereocenters.